The van der Waals surface area contributed by atoms with E-state index in [-0.39, 0.29) is 5.91 Å². The summed E-state index contributed by atoms with van der Waals surface area (Å²) in [6, 6.07) is 3.07. The fourth-order valence-corrected chi connectivity index (χ4v) is 1.15. The fraction of sp³-hybridized carbons (Fsp3) is 0.455. The first kappa shape index (κ1) is 12.6. The first-order chi connectivity index (χ1) is 7.63. The van der Waals surface area contributed by atoms with Gasteiger partial charge in [-0.25, -0.2) is 0 Å². The van der Waals surface area contributed by atoms with Gasteiger partial charge in [-0.2, -0.15) is 0 Å². The van der Waals surface area contributed by atoms with Crippen LogP contribution in [0.25, 0.3) is 0 Å². The molecule has 0 saturated carbocycles. The van der Waals surface area contributed by atoms with Gasteiger partial charge in [0.05, 0.1) is 17.9 Å². The van der Waals surface area contributed by atoms with E-state index in [9.17, 15) is 4.79 Å². The summed E-state index contributed by atoms with van der Waals surface area (Å²) in [6.07, 6.45) is 2.11. The fourth-order valence-electron chi connectivity index (χ4n) is 1.15. The number of pyridine rings is 1. The van der Waals surface area contributed by atoms with Crippen molar-refractivity contribution in [1.82, 2.24) is 4.98 Å². The van der Waals surface area contributed by atoms with Gasteiger partial charge in [-0.05, 0) is 25.5 Å². The number of carbonyl (C=O) groups excluding carboxylic acids is 1. The highest BCUT2D eigenvalue weighted by Gasteiger charge is 2.12. The van der Waals surface area contributed by atoms with Crippen LogP contribution in [0.5, 0.6) is 0 Å². The summed E-state index contributed by atoms with van der Waals surface area (Å²) in [5.41, 5.74) is 7.23. The molecular weight excluding hydrogens is 206 g/mol. The van der Waals surface area contributed by atoms with Crippen molar-refractivity contribution in [2.75, 3.05) is 19.0 Å². The van der Waals surface area contributed by atoms with Gasteiger partial charge in [-0.15, -0.1) is 0 Å². The van der Waals surface area contributed by atoms with Crippen LogP contribution in [0.4, 0.5) is 5.69 Å². The Morgan fingerprint density at radius 2 is 2.38 bits per heavy atom. The van der Waals surface area contributed by atoms with Crippen molar-refractivity contribution in [3.05, 3.63) is 24.0 Å². The van der Waals surface area contributed by atoms with Crippen LogP contribution in [-0.4, -0.2) is 30.6 Å². The number of anilines is 1. The van der Waals surface area contributed by atoms with E-state index in [2.05, 4.69) is 10.3 Å². The summed E-state index contributed by atoms with van der Waals surface area (Å²) < 4.78 is 4.86. The van der Waals surface area contributed by atoms with Crippen LogP contribution in [-0.2, 0) is 9.53 Å². The molecule has 3 N–H and O–H groups in total. The summed E-state index contributed by atoms with van der Waals surface area (Å²) >= 11 is 0. The van der Waals surface area contributed by atoms with Gasteiger partial charge in [0.1, 0.15) is 0 Å². The van der Waals surface area contributed by atoms with Crippen LogP contribution < -0.4 is 11.1 Å². The number of hydrogen-bond acceptors (Lipinski definition) is 4. The first-order valence-electron chi connectivity index (χ1n) is 5.11. The van der Waals surface area contributed by atoms with Crippen molar-refractivity contribution in [2.24, 2.45) is 5.73 Å². The maximum atomic E-state index is 11.6. The summed E-state index contributed by atoms with van der Waals surface area (Å²) in [7, 11) is 1.58. The van der Waals surface area contributed by atoms with Crippen molar-refractivity contribution in [3.63, 3.8) is 0 Å². The lowest BCUT2D eigenvalue weighted by Gasteiger charge is -2.11. The highest BCUT2D eigenvalue weighted by atomic mass is 16.5. The van der Waals surface area contributed by atoms with Gasteiger partial charge in [-0.1, -0.05) is 0 Å². The number of amides is 1. The average molecular weight is 223 g/mol. The first-order valence-corrected chi connectivity index (χ1v) is 5.11. The largest absolute Gasteiger partial charge is 0.385 e. The maximum absolute atomic E-state index is 11.6. The predicted octanol–water partition coefficient (Wildman–Crippen LogP) is 0.692. The molecule has 0 aliphatic rings. The highest BCUT2D eigenvalue weighted by molar-refractivity contribution is 5.94. The molecule has 1 heterocycles. The normalized spacial score (nSPS) is 12.2. The maximum Gasteiger partial charge on any atom is 0.241 e. The number of hydrogen-bond donors (Lipinski definition) is 2. The smallest absolute Gasteiger partial charge is 0.241 e. The van der Waals surface area contributed by atoms with Crippen LogP contribution in [0.2, 0.25) is 0 Å². The average Bonchev–Trinajstić information content (AvgIpc) is 2.29. The Bertz CT molecular complexity index is 338. The van der Waals surface area contributed by atoms with E-state index in [4.69, 9.17) is 10.5 Å². The van der Waals surface area contributed by atoms with Crippen LogP contribution in [0, 0.1) is 6.92 Å². The van der Waals surface area contributed by atoms with Crippen molar-refractivity contribution in [2.45, 2.75) is 19.4 Å². The minimum atomic E-state index is -0.554. The molecule has 0 aliphatic heterocycles. The van der Waals surface area contributed by atoms with Crippen LogP contribution in [0.1, 0.15) is 12.1 Å². The van der Waals surface area contributed by atoms with E-state index in [0.717, 1.165) is 5.69 Å². The van der Waals surface area contributed by atoms with Gasteiger partial charge in [-0.3, -0.25) is 9.78 Å². The van der Waals surface area contributed by atoms with E-state index < -0.39 is 6.04 Å². The number of aryl methyl sites for hydroxylation is 1. The standard InChI is InChI=1S/C11H17N3O2/c1-8-3-4-9(7-13-8)14-11(15)10(12)5-6-16-2/h3-4,7,10H,5-6,12H2,1-2H3,(H,14,15). The van der Waals surface area contributed by atoms with Gasteiger partial charge in [0.25, 0.3) is 0 Å². The molecule has 0 fully saturated rings. The number of ether oxygens (including phenoxy) is 1. The number of nitrogens with zero attached hydrogens (tertiary/aromatic N) is 1. The predicted molar refractivity (Wildman–Crippen MR) is 62.1 cm³/mol. The molecule has 1 atom stereocenters. The molecule has 1 aromatic heterocycles. The molecular formula is C11H17N3O2. The third-order valence-corrected chi connectivity index (χ3v) is 2.15. The molecule has 0 aromatic carbocycles. The summed E-state index contributed by atoms with van der Waals surface area (Å²) in [5.74, 6) is -0.220. The number of nitrogens with two attached hydrogens (primary N) is 1. The molecule has 5 nitrogen and oxygen atoms in total. The van der Waals surface area contributed by atoms with Gasteiger partial charge in [0, 0.05) is 19.4 Å². The van der Waals surface area contributed by atoms with Crippen molar-refractivity contribution < 1.29 is 9.53 Å². The van der Waals surface area contributed by atoms with E-state index in [1.165, 1.54) is 0 Å². The van der Waals surface area contributed by atoms with Gasteiger partial charge in [0.15, 0.2) is 0 Å². The third kappa shape index (κ3) is 3.96. The summed E-state index contributed by atoms with van der Waals surface area (Å²) in [5, 5.41) is 2.70. The molecule has 1 amide bonds. The Kier molecular flexibility index (Phi) is 4.88. The van der Waals surface area contributed by atoms with Crippen LogP contribution in [0.15, 0.2) is 18.3 Å². The molecule has 0 saturated heterocycles. The zero-order valence-electron chi connectivity index (χ0n) is 9.56. The molecule has 1 unspecified atom stereocenters. The van der Waals surface area contributed by atoms with E-state index >= 15 is 0 Å². The number of rotatable bonds is 5. The van der Waals surface area contributed by atoms with Gasteiger partial charge < -0.3 is 15.8 Å². The summed E-state index contributed by atoms with van der Waals surface area (Å²) in [6.45, 7) is 2.36. The van der Waals surface area contributed by atoms with Gasteiger partial charge in [0.2, 0.25) is 5.91 Å². The van der Waals surface area contributed by atoms with Crippen molar-refractivity contribution in [3.8, 4) is 0 Å². The molecule has 88 valence electrons. The van der Waals surface area contributed by atoms with E-state index in [1.54, 1.807) is 19.4 Å². The van der Waals surface area contributed by atoms with Gasteiger partial charge >= 0.3 is 0 Å². The van der Waals surface area contributed by atoms with E-state index in [1.807, 2.05) is 13.0 Å². The van der Waals surface area contributed by atoms with Crippen LogP contribution in [0.3, 0.4) is 0 Å². The van der Waals surface area contributed by atoms with E-state index in [0.29, 0.717) is 18.7 Å². The second kappa shape index (κ2) is 6.19. The van der Waals surface area contributed by atoms with Crippen LogP contribution >= 0.6 is 0 Å². The Labute approximate surface area is 95.0 Å². The second-order valence-electron chi connectivity index (χ2n) is 3.57. The highest BCUT2D eigenvalue weighted by Crippen LogP contribution is 2.06. The SMILES string of the molecule is COCCC(N)C(=O)Nc1ccc(C)nc1. The number of methoxy groups -OCH3 is 1. The monoisotopic (exact) mass is 223 g/mol. The Morgan fingerprint density at radius 1 is 1.62 bits per heavy atom. The Hall–Kier alpha value is -1.46. The number of carbonyl (C=O) groups is 1. The zero-order chi connectivity index (χ0) is 12.0. The molecule has 0 aliphatic carbocycles. The lowest BCUT2D eigenvalue weighted by atomic mass is 10.2. The second-order valence-corrected chi connectivity index (χ2v) is 3.57. The minimum absolute atomic E-state index is 0.220. The zero-order valence-corrected chi connectivity index (χ0v) is 9.56. The minimum Gasteiger partial charge on any atom is -0.385 e. The Balaban J connectivity index is 2.47. The lowest BCUT2D eigenvalue weighted by molar-refractivity contribution is -0.117. The number of aromatic nitrogens is 1. The number of nitrogens with one attached hydrogen (secondary N) is 1. The Morgan fingerprint density at radius 3 is 2.94 bits per heavy atom. The van der Waals surface area contributed by atoms with Crippen molar-refractivity contribution in [1.29, 1.82) is 0 Å². The quantitative estimate of drug-likeness (QED) is 0.770. The summed E-state index contributed by atoms with van der Waals surface area (Å²) in [4.78, 5) is 15.7. The molecule has 16 heavy (non-hydrogen) atoms. The lowest BCUT2D eigenvalue weighted by Crippen LogP contribution is -2.36. The molecule has 0 spiro atoms. The van der Waals surface area contributed by atoms with Crippen molar-refractivity contribution >= 4 is 11.6 Å². The molecule has 0 bridgehead atoms. The molecule has 5 heteroatoms. The molecule has 0 radical (unpaired) electrons. The molecule has 1 aromatic rings. The molecule has 1 rings (SSSR count). The topological polar surface area (TPSA) is 77.2 Å². The third-order valence-electron chi connectivity index (χ3n) is 2.15.